The van der Waals surface area contributed by atoms with Crippen LogP contribution in [0.4, 0.5) is 4.39 Å². The number of piperazine rings is 1. The lowest BCUT2D eigenvalue weighted by molar-refractivity contribution is -0.896. The van der Waals surface area contributed by atoms with Crippen molar-refractivity contribution >= 4 is 15.9 Å². The molecule has 0 aliphatic carbocycles. The van der Waals surface area contributed by atoms with Crippen LogP contribution in [0.15, 0.2) is 29.2 Å². The topological polar surface area (TPSA) is 62.1 Å². The van der Waals surface area contributed by atoms with Crippen molar-refractivity contribution in [2.75, 3.05) is 39.3 Å². The third-order valence-corrected chi connectivity index (χ3v) is 7.61. The third kappa shape index (κ3) is 4.67. The highest BCUT2D eigenvalue weighted by atomic mass is 32.2. The molecule has 2 saturated heterocycles. The minimum Gasteiger partial charge on any atom is -0.335 e. The van der Waals surface area contributed by atoms with E-state index in [1.807, 2.05) is 4.90 Å². The Morgan fingerprint density at radius 2 is 1.81 bits per heavy atom. The molecule has 3 rings (SSSR count). The lowest BCUT2D eigenvalue weighted by Crippen LogP contribution is -3.15. The van der Waals surface area contributed by atoms with Gasteiger partial charge in [0, 0.05) is 12.6 Å². The second kappa shape index (κ2) is 8.67. The number of carbonyl (C=O) groups excluding carboxylic acids is 1. The van der Waals surface area contributed by atoms with E-state index >= 15 is 0 Å². The van der Waals surface area contributed by atoms with Gasteiger partial charge in [-0.3, -0.25) is 4.79 Å². The monoisotopic (exact) mass is 398 g/mol. The number of hydrogen-bond acceptors (Lipinski definition) is 3. The van der Waals surface area contributed by atoms with Gasteiger partial charge >= 0.3 is 0 Å². The van der Waals surface area contributed by atoms with Gasteiger partial charge in [-0.15, -0.1) is 0 Å². The van der Waals surface area contributed by atoms with Crippen LogP contribution in [0.5, 0.6) is 0 Å². The molecule has 1 aromatic rings. The quantitative estimate of drug-likeness (QED) is 0.786. The molecule has 2 heterocycles. The SMILES string of the molecule is CC[C@@H]1CCCCN1C(=O)C[NH+]1CCN(S(=O)(=O)c2ccc(F)cc2)CC1. The van der Waals surface area contributed by atoms with Gasteiger partial charge in [0.25, 0.3) is 5.91 Å². The molecule has 2 fully saturated rings. The van der Waals surface area contributed by atoms with Gasteiger partial charge < -0.3 is 9.80 Å². The van der Waals surface area contributed by atoms with Gasteiger partial charge in [0.2, 0.25) is 10.0 Å². The normalized spacial score (nSPS) is 22.7. The van der Waals surface area contributed by atoms with Crippen molar-refractivity contribution in [3.63, 3.8) is 0 Å². The van der Waals surface area contributed by atoms with E-state index in [0.717, 1.165) is 42.8 Å². The number of piperidine rings is 1. The Kier molecular flexibility index (Phi) is 6.49. The Balaban J connectivity index is 1.55. The largest absolute Gasteiger partial charge is 0.335 e. The van der Waals surface area contributed by atoms with Gasteiger partial charge in [0.05, 0.1) is 31.1 Å². The fraction of sp³-hybridized carbons (Fsp3) is 0.632. The zero-order valence-corrected chi connectivity index (χ0v) is 16.7. The predicted octanol–water partition coefficient (Wildman–Crippen LogP) is 0.506. The predicted molar refractivity (Wildman–Crippen MR) is 100 cm³/mol. The molecule has 0 spiro atoms. The van der Waals surface area contributed by atoms with Gasteiger partial charge in [-0.2, -0.15) is 4.31 Å². The number of quaternary nitrogens is 1. The summed E-state index contributed by atoms with van der Waals surface area (Å²) in [6.07, 6.45) is 4.34. The van der Waals surface area contributed by atoms with Crippen molar-refractivity contribution in [1.29, 1.82) is 0 Å². The summed E-state index contributed by atoms with van der Waals surface area (Å²) in [6.45, 7) is 5.37. The van der Waals surface area contributed by atoms with Crippen LogP contribution in [0.25, 0.3) is 0 Å². The minimum absolute atomic E-state index is 0.113. The maximum Gasteiger partial charge on any atom is 0.278 e. The van der Waals surface area contributed by atoms with E-state index in [-0.39, 0.29) is 10.8 Å². The van der Waals surface area contributed by atoms with E-state index in [4.69, 9.17) is 0 Å². The summed E-state index contributed by atoms with van der Waals surface area (Å²) in [5, 5.41) is 0. The summed E-state index contributed by atoms with van der Waals surface area (Å²) >= 11 is 0. The van der Waals surface area contributed by atoms with Gasteiger partial charge in [0.1, 0.15) is 5.82 Å². The molecule has 1 aromatic carbocycles. The van der Waals surface area contributed by atoms with Gasteiger partial charge in [-0.25, -0.2) is 12.8 Å². The van der Waals surface area contributed by atoms with Crippen LogP contribution < -0.4 is 4.90 Å². The lowest BCUT2D eigenvalue weighted by Gasteiger charge is -2.37. The molecule has 1 atom stereocenters. The van der Waals surface area contributed by atoms with E-state index < -0.39 is 15.8 Å². The molecule has 0 aromatic heterocycles. The first-order valence-electron chi connectivity index (χ1n) is 9.80. The third-order valence-electron chi connectivity index (χ3n) is 5.70. The molecular weight excluding hydrogens is 369 g/mol. The lowest BCUT2D eigenvalue weighted by atomic mass is 10.00. The van der Waals surface area contributed by atoms with Crippen molar-refractivity contribution < 1.29 is 22.5 Å². The standard InChI is InChI=1S/C19H28FN3O3S/c1-2-17-5-3-4-10-23(17)19(24)15-21-11-13-22(14-12-21)27(25,26)18-8-6-16(20)7-9-18/h6-9,17H,2-5,10-15H2,1H3/p+1/t17-/m1/s1. The fourth-order valence-corrected chi connectivity index (χ4v) is 5.49. The van der Waals surface area contributed by atoms with E-state index in [9.17, 15) is 17.6 Å². The number of halogens is 1. The van der Waals surface area contributed by atoms with E-state index in [2.05, 4.69) is 6.92 Å². The second-order valence-corrected chi connectivity index (χ2v) is 9.37. The number of sulfonamides is 1. The molecule has 0 radical (unpaired) electrons. The number of likely N-dealkylation sites (tertiary alicyclic amines) is 1. The van der Waals surface area contributed by atoms with Crippen molar-refractivity contribution in [2.45, 2.75) is 43.5 Å². The highest BCUT2D eigenvalue weighted by Crippen LogP contribution is 2.19. The molecule has 0 saturated carbocycles. The Labute approximate surface area is 161 Å². The molecule has 1 N–H and O–H groups in total. The number of nitrogens with zero attached hydrogens (tertiary/aromatic N) is 2. The number of benzene rings is 1. The number of amides is 1. The molecule has 2 aliphatic rings. The molecule has 0 bridgehead atoms. The molecule has 0 unspecified atom stereocenters. The minimum atomic E-state index is -3.61. The van der Waals surface area contributed by atoms with Crippen LogP contribution in [0, 0.1) is 5.82 Å². The number of carbonyl (C=O) groups is 1. The first kappa shape index (κ1) is 20.2. The molecular formula is C19H29FN3O3S+. The number of hydrogen-bond donors (Lipinski definition) is 1. The van der Waals surface area contributed by atoms with Crippen LogP contribution in [-0.2, 0) is 14.8 Å². The van der Waals surface area contributed by atoms with Crippen molar-refractivity contribution in [3.05, 3.63) is 30.1 Å². The van der Waals surface area contributed by atoms with Crippen LogP contribution in [0.2, 0.25) is 0 Å². The fourth-order valence-electron chi connectivity index (χ4n) is 4.04. The van der Waals surface area contributed by atoms with Crippen LogP contribution in [0.3, 0.4) is 0 Å². The van der Waals surface area contributed by atoms with Crippen LogP contribution >= 0.6 is 0 Å². The Hall–Kier alpha value is -1.51. The summed E-state index contributed by atoms with van der Waals surface area (Å²) in [4.78, 5) is 16.0. The first-order chi connectivity index (χ1) is 12.9. The Morgan fingerprint density at radius 1 is 1.15 bits per heavy atom. The van der Waals surface area contributed by atoms with E-state index in [1.165, 1.54) is 22.9 Å². The zero-order chi connectivity index (χ0) is 19.4. The molecule has 6 nitrogen and oxygen atoms in total. The second-order valence-electron chi connectivity index (χ2n) is 7.43. The summed E-state index contributed by atoms with van der Waals surface area (Å²) in [5.74, 6) is -0.267. The van der Waals surface area contributed by atoms with Gasteiger partial charge in [0.15, 0.2) is 6.54 Å². The summed E-state index contributed by atoms with van der Waals surface area (Å²) < 4.78 is 39.8. The summed E-state index contributed by atoms with van der Waals surface area (Å²) in [5.41, 5.74) is 0. The van der Waals surface area contributed by atoms with E-state index in [1.54, 1.807) is 0 Å². The van der Waals surface area contributed by atoms with E-state index in [0.29, 0.717) is 38.8 Å². The average Bonchev–Trinajstić information content (AvgIpc) is 2.68. The molecule has 1 amide bonds. The maximum atomic E-state index is 13.0. The Morgan fingerprint density at radius 3 is 2.44 bits per heavy atom. The number of rotatable bonds is 5. The number of nitrogens with one attached hydrogen (secondary N) is 1. The highest BCUT2D eigenvalue weighted by Gasteiger charge is 2.33. The summed E-state index contributed by atoms with van der Waals surface area (Å²) in [7, 11) is -3.61. The first-order valence-corrected chi connectivity index (χ1v) is 11.2. The zero-order valence-electron chi connectivity index (χ0n) is 15.9. The van der Waals surface area contributed by atoms with Crippen molar-refractivity contribution in [2.24, 2.45) is 0 Å². The molecule has 8 heteroatoms. The smallest absolute Gasteiger partial charge is 0.278 e. The molecule has 2 aliphatic heterocycles. The van der Waals surface area contributed by atoms with Gasteiger partial charge in [-0.05, 0) is 49.9 Å². The van der Waals surface area contributed by atoms with Crippen LogP contribution in [0.1, 0.15) is 32.6 Å². The van der Waals surface area contributed by atoms with Crippen molar-refractivity contribution in [1.82, 2.24) is 9.21 Å². The molecule has 150 valence electrons. The molecule has 27 heavy (non-hydrogen) atoms. The maximum absolute atomic E-state index is 13.0. The van der Waals surface area contributed by atoms with Crippen LogP contribution in [-0.4, -0.2) is 68.8 Å². The average molecular weight is 399 g/mol. The Bertz CT molecular complexity index is 746. The summed E-state index contributed by atoms with van der Waals surface area (Å²) in [6, 6.07) is 5.28. The van der Waals surface area contributed by atoms with Crippen molar-refractivity contribution in [3.8, 4) is 0 Å². The highest BCUT2D eigenvalue weighted by molar-refractivity contribution is 7.89. The van der Waals surface area contributed by atoms with Gasteiger partial charge in [-0.1, -0.05) is 6.92 Å².